The van der Waals surface area contributed by atoms with Gasteiger partial charge in [-0.2, -0.15) is 0 Å². The van der Waals surface area contributed by atoms with Gasteiger partial charge in [0.15, 0.2) is 0 Å². The number of aromatic hydroxyl groups is 1. The van der Waals surface area contributed by atoms with Crippen molar-refractivity contribution in [3.05, 3.63) is 65.7 Å². The highest BCUT2D eigenvalue weighted by Crippen LogP contribution is 2.23. The topological polar surface area (TPSA) is 40.5 Å². The highest BCUT2D eigenvalue weighted by Gasteiger charge is 2.12. The molecule has 0 atom stereocenters. The first-order valence-corrected chi connectivity index (χ1v) is 6.38. The lowest BCUT2D eigenvalue weighted by molar-refractivity contribution is 0.282. The van der Waals surface area contributed by atoms with E-state index < -0.39 is 0 Å². The van der Waals surface area contributed by atoms with E-state index in [1.54, 1.807) is 12.1 Å². The van der Waals surface area contributed by atoms with Crippen LogP contribution in [0.4, 0.5) is 0 Å². The maximum atomic E-state index is 9.02. The summed E-state index contributed by atoms with van der Waals surface area (Å²) >= 11 is 0. The molecule has 0 heterocycles. The monoisotopic (exact) mass is 258 g/mol. The second kappa shape index (κ2) is 6.95. The predicted molar refractivity (Wildman–Crippen MR) is 79.2 cm³/mol. The molecule has 0 unspecified atom stereocenters. The third kappa shape index (κ3) is 5.58. The number of aliphatic hydroxyl groups is 1. The van der Waals surface area contributed by atoms with Gasteiger partial charge in [0.2, 0.25) is 0 Å². The summed E-state index contributed by atoms with van der Waals surface area (Å²) in [5.41, 5.74) is 2.39. The Morgan fingerprint density at radius 1 is 0.842 bits per heavy atom. The van der Waals surface area contributed by atoms with E-state index in [1.165, 1.54) is 5.56 Å². The molecule has 2 aromatic rings. The summed E-state index contributed by atoms with van der Waals surface area (Å²) in [6.45, 7) is 6.60. The van der Waals surface area contributed by atoms with Gasteiger partial charge in [-0.1, -0.05) is 63.2 Å². The van der Waals surface area contributed by atoms with Crippen LogP contribution >= 0.6 is 0 Å². The molecule has 19 heavy (non-hydrogen) atoms. The second-order valence-electron chi connectivity index (χ2n) is 5.44. The smallest absolute Gasteiger partial charge is 0.115 e. The van der Waals surface area contributed by atoms with Crippen LogP contribution in [0.3, 0.4) is 0 Å². The van der Waals surface area contributed by atoms with Crippen molar-refractivity contribution in [1.29, 1.82) is 0 Å². The van der Waals surface area contributed by atoms with E-state index in [1.807, 2.05) is 42.5 Å². The molecule has 2 nitrogen and oxygen atoms in total. The van der Waals surface area contributed by atoms with Gasteiger partial charge >= 0.3 is 0 Å². The number of benzene rings is 2. The Morgan fingerprint density at radius 3 is 1.74 bits per heavy atom. The van der Waals surface area contributed by atoms with Crippen LogP contribution in [-0.4, -0.2) is 10.2 Å². The lowest BCUT2D eigenvalue weighted by Gasteiger charge is -2.18. The Balaban J connectivity index is 0.000000200. The minimum atomic E-state index is 0.140. The molecule has 0 bridgehead atoms. The number of rotatable bonds is 1. The second-order valence-corrected chi connectivity index (χ2v) is 5.44. The van der Waals surface area contributed by atoms with Gasteiger partial charge in [0.25, 0.3) is 0 Å². The van der Waals surface area contributed by atoms with Crippen LogP contribution in [0.5, 0.6) is 5.75 Å². The molecule has 0 amide bonds. The van der Waals surface area contributed by atoms with Crippen molar-refractivity contribution in [1.82, 2.24) is 0 Å². The fraction of sp³-hybridized carbons (Fsp3) is 0.294. The molecule has 0 saturated heterocycles. The van der Waals surface area contributed by atoms with Crippen LogP contribution < -0.4 is 0 Å². The van der Waals surface area contributed by atoms with E-state index >= 15 is 0 Å². The molecular formula is C17H22O2. The van der Waals surface area contributed by atoms with Crippen molar-refractivity contribution >= 4 is 0 Å². The van der Waals surface area contributed by atoms with E-state index in [0.29, 0.717) is 5.75 Å². The summed E-state index contributed by atoms with van der Waals surface area (Å²) in [6, 6.07) is 16.9. The molecule has 2 rings (SSSR count). The number of aliphatic hydroxyl groups excluding tert-OH is 1. The molecule has 0 fully saturated rings. The molecule has 2 heteroatoms. The highest BCUT2D eigenvalue weighted by atomic mass is 16.3. The first-order chi connectivity index (χ1) is 8.93. The van der Waals surface area contributed by atoms with E-state index in [4.69, 9.17) is 10.2 Å². The van der Waals surface area contributed by atoms with Crippen LogP contribution in [0.1, 0.15) is 31.9 Å². The van der Waals surface area contributed by atoms with E-state index in [2.05, 4.69) is 20.8 Å². The first-order valence-electron chi connectivity index (χ1n) is 6.38. The third-order valence-corrected chi connectivity index (χ3v) is 2.76. The van der Waals surface area contributed by atoms with Gasteiger partial charge in [-0.05, 0) is 28.7 Å². The molecule has 102 valence electrons. The minimum Gasteiger partial charge on any atom is -0.508 e. The van der Waals surface area contributed by atoms with Gasteiger partial charge in [-0.3, -0.25) is 0 Å². The molecule has 0 spiro atoms. The fourth-order valence-electron chi connectivity index (χ4n) is 1.54. The van der Waals surface area contributed by atoms with Gasteiger partial charge in [0, 0.05) is 0 Å². The zero-order valence-electron chi connectivity index (χ0n) is 11.8. The van der Waals surface area contributed by atoms with Crippen molar-refractivity contribution in [2.75, 3.05) is 0 Å². The Labute approximate surface area is 115 Å². The summed E-state index contributed by atoms with van der Waals surface area (Å²) in [5, 5.41) is 17.6. The van der Waals surface area contributed by atoms with E-state index in [-0.39, 0.29) is 12.0 Å². The number of hydrogen-bond donors (Lipinski definition) is 2. The lowest BCUT2D eigenvalue weighted by Crippen LogP contribution is -2.10. The standard InChI is InChI=1S/C10H14O.C7H8O/c1-10(2,3)8-4-6-9(11)7-5-8;8-6-7-4-2-1-3-5-7/h4-7,11H,1-3H3;1-5,8H,6H2. The van der Waals surface area contributed by atoms with Gasteiger partial charge in [0.05, 0.1) is 6.61 Å². The van der Waals surface area contributed by atoms with Crippen molar-refractivity contribution in [3.63, 3.8) is 0 Å². The third-order valence-electron chi connectivity index (χ3n) is 2.76. The first kappa shape index (κ1) is 15.3. The highest BCUT2D eigenvalue weighted by molar-refractivity contribution is 5.29. The Kier molecular flexibility index (Phi) is 5.58. The number of phenolic OH excluding ortho intramolecular Hbond substituents is 1. The molecule has 0 aromatic heterocycles. The lowest BCUT2D eigenvalue weighted by atomic mass is 9.87. The molecule has 0 radical (unpaired) electrons. The summed E-state index contributed by atoms with van der Waals surface area (Å²) in [4.78, 5) is 0. The van der Waals surface area contributed by atoms with Crippen molar-refractivity contribution in [2.45, 2.75) is 32.8 Å². The van der Waals surface area contributed by atoms with Crippen LogP contribution in [-0.2, 0) is 12.0 Å². The molecule has 0 aliphatic heterocycles. The average molecular weight is 258 g/mol. The Morgan fingerprint density at radius 2 is 1.37 bits per heavy atom. The molecule has 0 saturated carbocycles. The van der Waals surface area contributed by atoms with Crippen molar-refractivity contribution < 1.29 is 10.2 Å². The summed E-state index contributed by atoms with van der Waals surface area (Å²) < 4.78 is 0. The molecule has 2 N–H and O–H groups in total. The average Bonchev–Trinajstić information content (AvgIpc) is 2.40. The van der Waals surface area contributed by atoms with Crippen LogP contribution in [0.25, 0.3) is 0 Å². The van der Waals surface area contributed by atoms with E-state index in [9.17, 15) is 0 Å². The zero-order valence-corrected chi connectivity index (χ0v) is 11.8. The largest absolute Gasteiger partial charge is 0.508 e. The minimum absolute atomic E-state index is 0.140. The van der Waals surface area contributed by atoms with Gasteiger partial charge < -0.3 is 10.2 Å². The van der Waals surface area contributed by atoms with Gasteiger partial charge in [-0.15, -0.1) is 0 Å². The van der Waals surface area contributed by atoms with E-state index in [0.717, 1.165) is 5.56 Å². The maximum Gasteiger partial charge on any atom is 0.115 e. The van der Waals surface area contributed by atoms with Crippen molar-refractivity contribution in [2.24, 2.45) is 0 Å². The molecular weight excluding hydrogens is 236 g/mol. The SMILES string of the molecule is CC(C)(C)c1ccc(O)cc1.OCc1ccccc1. The van der Waals surface area contributed by atoms with Crippen LogP contribution in [0.15, 0.2) is 54.6 Å². The molecule has 0 aliphatic rings. The summed E-state index contributed by atoms with van der Waals surface area (Å²) in [6.07, 6.45) is 0. The van der Waals surface area contributed by atoms with Gasteiger partial charge in [0.1, 0.15) is 5.75 Å². The quantitative estimate of drug-likeness (QED) is 0.815. The number of phenols is 1. The zero-order chi connectivity index (χ0) is 14.3. The fourth-order valence-corrected chi connectivity index (χ4v) is 1.54. The normalized spacial score (nSPS) is 10.5. The van der Waals surface area contributed by atoms with Crippen LogP contribution in [0.2, 0.25) is 0 Å². The molecule has 2 aromatic carbocycles. The Hall–Kier alpha value is -1.80. The molecule has 0 aliphatic carbocycles. The summed E-state index contributed by atoms with van der Waals surface area (Å²) in [7, 11) is 0. The maximum absolute atomic E-state index is 9.02. The van der Waals surface area contributed by atoms with Crippen molar-refractivity contribution in [3.8, 4) is 5.75 Å². The van der Waals surface area contributed by atoms with Crippen LogP contribution in [0, 0.1) is 0 Å². The number of hydrogen-bond acceptors (Lipinski definition) is 2. The van der Waals surface area contributed by atoms with Gasteiger partial charge in [-0.25, -0.2) is 0 Å². The Bertz CT molecular complexity index is 467. The summed E-state index contributed by atoms with van der Waals surface area (Å²) in [5.74, 6) is 0.331. The predicted octanol–water partition coefficient (Wildman–Crippen LogP) is 3.87.